The number of rotatable bonds is 3. The Bertz CT molecular complexity index is 307. The second kappa shape index (κ2) is 3.76. The summed E-state index contributed by atoms with van der Waals surface area (Å²) in [5.41, 5.74) is 1.29. The van der Waals surface area contributed by atoms with Gasteiger partial charge in [0.05, 0.1) is 0 Å². The summed E-state index contributed by atoms with van der Waals surface area (Å²) in [5, 5.41) is 0. The van der Waals surface area contributed by atoms with Gasteiger partial charge in [-0.05, 0) is 18.6 Å². The first-order valence-electron chi connectivity index (χ1n) is 3.61. The molecule has 0 bridgehead atoms. The van der Waals surface area contributed by atoms with Gasteiger partial charge in [-0.25, -0.2) is 0 Å². The third kappa shape index (κ3) is 2.27. The Labute approximate surface area is 70.4 Å². The number of pyridine rings is 1. The minimum Gasteiger partial charge on any atom is -0.300 e. The minimum atomic E-state index is 0.0693. The van der Waals surface area contributed by atoms with Crippen LogP contribution in [0.1, 0.15) is 22.8 Å². The van der Waals surface area contributed by atoms with Crippen molar-refractivity contribution in [3.8, 4) is 0 Å². The van der Waals surface area contributed by atoms with E-state index in [2.05, 4.69) is 4.98 Å². The molecule has 0 aromatic carbocycles. The number of Topliss-reactive ketones (excluding diaryl/α,β-unsaturated/α-hetero) is 1. The standard InChI is InChI=1S/C9H9NO2/c1-7(12)2-8-3-9(6-11)5-10-4-8/h3-6H,2H2,1H3. The molecule has 0 radical (unpaired) electrons. The van der Waals surface area contributed by atoms with Gasteiger partial charge in [0.1, 0.15) is 5.78 Å². The fourth-order valence-corrected chi connectivity index (χ4v) is 0.956. The summed E-state index contributed by atoms with van der Waals surface area (Å²) in [5.74, 6) is 0.0693. The molecule has 1 aromatic heterocycles. The van der Waals surface area contributed by atoms with E-state index < -0.39 is 0 Å². The Kier molecular flexibility index (Phi) is 2.69. The number of hydrogen-bond donors (Lipinski definition) is 0. The normalized spacial score (nSPS) is 9.42. The maximum absolute atomic E-state index is 10.7. The zero-order valence-corrected chi connectivity index (χ0v) is 6.78. The van der Waals surface area contributed by atoms with E-state index >= 15 is 0 Å². The molecule has 0 fully saturated rings. The zero-order chi connectivity index (χ0) is 8.97. The Balaban J connectivity index is 2.86. The number of aromatic nitrogens is 1. The highest BCUT2D eigenvalue weighted by Crippen LogP contribution is 2.01. The van der Waals surface area contributed by atoms with Gasteiger partial charge >= 0.3 is 0 Å². The summed E-state index contributed by atoms with van der Waals surface area (Å²) < 4.78 is 0. The van der Waals surface area contributed by atoms with Gasteiger partial charge in [0.2, 0.25) is 0 Å². The van der Waals surface area contributed by atoms with Crippen molar-refractivity contribution in [2.75, 3.05) is 0 Å². The largest absolute Gasteiger partial charge is 0.300 e. The predicted molar refractivity (Wildman–Crippen MR) is 44.0 cm³/mol. The van der Waals surface area contributed by atoms with Crippen LogP contribution in [0.4, 0.5) is 0 Å². The molecule has 0 unspecified atom stereocenters. The van der Waals surface area contributed by atoms with Crippen molar-refractivity contribution in [2.24, 2.45) is 0 Å². The van der Waals surface area contributed by atoms with Crippen LogP contribution >= 0.6 is 0 Å². The van der Waals surface area contributed by atoms with Crippen molar-refractivity contribution >= 4 is 12.1 Å². The van der Waals surface area contributed by atoms with Gasteiger partial charge in [0.15, 0.2) is 6.29 Å². The van der Waals surface area contributed by atoms with E-state index in [1.807, 2.05) is 0 Å². The molecular weight excluding hydrogens is 154 g/mol. The third-order valence-electron chi connectivity index (χ3n) is 1.41. The SMILES string of the molecule is CC(=O)Cc1cncc(C=O)c1. The Morgan fingerprint density at radius 2 is 2.33 bits per heavy atom. The van der Waals surface area contributed by atoms with E-state index in [0.29, 0.717) is 12.0 Å². The molecule has 1 aromatic rings. The van der Waals surface area contributed by atoms with Crippen LogP contribution in [0.15, 0.2) is 18.5 Å². The van der Waals surface area contributed by atoms with Crippen LogP contribution in [-0.2, 0) is 11.2 Å². The van der Waals surface area contributed by atoms with Gasteiger partial charge in [-0.1, -0.05) is 0 Å². The van der Waals surface area contributed by atoms with Crippen LogP contribution in [0.3, 0.4) is 0 Å². The summed E-state index contributed by atoms with van der Waals surface area (Å²) in [6.07, 6.45) is 4.12. The molecule has 0 atom stereocenters. The average molecular weight is 163 g/mol. The lowest BCUT2D eigenvalue weighted by atomic mass is 10.1. The van der Waals surface area contributed by atoms with Gasteiger partial charge in [0.25, 0.3) is 0 Å². The van der Waals surface area contributed by atoms with Crippen LogP contribution in [0.2, 0.25) is 0 Å². The molecule has 1 rings (SSSR count). The molecule has 0 N–H and O–H groups in total. The second-order valence-corrected chi connectivity index (χ2v) is 2.62. The maximum atomic E-state index is 10.7. The summed E-state index contributed by atoms with van der Waals surface area (Å²) in [6.45, 7) is 1.51. The number of aldehydes is 1. The number of carbonyl (C=O) groups is 2. The van der Waals surface area contributed by atoms with Gasteiger partial charge in [0, 0.05) is 24.4 Å². The minimum absolute atomic E-state index is 0.0693. The summed E-state index contributed by atoms with van der Waals surface area (Å²) >= 11 is 0. The molecule has 3 nitrogen and oxygen atoms in total. The van der Waals surface area contributed by atoms with E-state index in [-0.39, 0.29) is 5.78 Å². The number of nitrogens with zero attached hydrogens (tertiary/aromatic N) is 1. The van der Waals surface area contributed by atoms with Gasteiger partial charge in [-0.2, -0.15) is 0 Å². The molecule has 3 heteroatoms. The first kappa shape index (κ1) is 8.59. The predicted octanol–water partition coefficient (Wildman–Crippen LogP) is 1.03. The number of carbonyl (C=O) groups excluding carboxylic acids is 2. The lowest BCUT2D eigenvalue weighted by Crippen LogP contribution is -1.97. The summed E-state index contributed by atoms with van der Waals surface area (Å²) in [7, 11) is 0. The van der Waals surface area contributed by atoms with Crippen molar-refractivity contribution < 1.29 is 9.59 Å². The Hall–Kier alpha value is -1.51. The van der Waals surface area contributed by atoms with Crippen molar-refractivity contribution in [1.82, 2.24) is 4.98 Å². The molecule has 0 saturated carbocycles. The van der Waals surface area contributed by atoms with Crippen molar-refractivity contribution in [1.29, 1.82) is 0 Å². The quantitative estimate of drug-likeness (QED) is 0.625. The molecule has 0 amide bonds. The topological polar surface area (TPSA) is 47.0 Å². The summed E-state index contributed by atoms with van der Waals surface area (Å²) in [6, 6.07) is 1.67. The highest BCUT2D eigenvalue weighted by molar-refractivity contribution is 5.79. The van der Waals surface area contributed by atoms with Crippen LogP contribution in [0, 0.1) is 0 Å². The van der Waals surface area contributed by atoms with Crippen molar-refractivity contribution in [2.45, 2.75) is 13.3 Å². The monoisotopic (exact) mass is 163 g/mol. The lowest BCUT2D eigenvalue weighted by Gasteiger charge is -1.96. The molecular formula is C9H9NO2. The van der Waals surface area contributed by atoms with Crippen LogP contribution < -0.4 is 0 Å². The Morgan fingerprint density at radius 1 is 1.58 bits per heavy atom. The van der Waals surface area contributed by atoms with Crippen molar-refractivity contribution in [3.63, 3.8) is 0 Å². The van der Waals surface area contributed by atoms with Gasteiger partial charge < -0.3 is 0 Å². The van der Waals surface area contributed by atoms with E-state index in [9.17, 15) is 9.59 Å². The van der Waals surface area contributed by atoms with E-state index in [0.717, 1.165) is 11.8 Å². The zero-order valence-electron chi connectivity index (χ0n) is 6.78. The fourth-order valence-electron chi connectivity index (χ4n) is 0.956. The lowest BCUT2D eigenvalue weighted by molar-refractivity contribution is -0.116. The molecule has 62 valence electrons. The highest BCUT2D eigenvalue weighted by Gasteiger charge is 1.98. The van der Waals surface area contributed by atoms with E-state index in [1.54, 1.807) is 12.3 Å². The van der Waals surface area contributed by atoms with Crippen LogP contribution in [-0.4, -0.2) is 17.1 Å². The maximum Gasteiger partial charge on any atom is 0.151 e. The highest BCUT2D eigenvalue weighted by atomic mass is 16.1. The molecule has 1 heterocycles. The van der Waals surface area contributed by atoms with Gasteiger partial charge in [-0.15, -0.1) is 0 Å². The van der Waals surface area contributed by atoms with Crippen LogP contribution in [0.5, 0.6) is 0 Å². The third-order valence-corrected chi connectivity index (χ3v) is 1.41. The first-order valence-corrected chi connectivity index (χ1v) is 3.61. The molecule has 0 aliphatic heterocycles. The second-order valence-electron chi connectivity index (χ2n) is 2.62. The molecule has 12 heavy (non-hydrogen) atoms. The van der Waals surface area contributed by atoms with Crippen molar-refractivity contribution in [3.05, 3.63) is 29.6 Å². The number of ketones is 1. The Morgan fingerprint density at radius 3 is 2.92 bits per heavy atom. The molecule has 0 aliphatic rings. The average Bonchev–Trinajstić information content (AvgIpc) is 2.03. The van der Waals surface area contributed by atoms with Crippen LogP contribution in [0.25, 0.3) is 0 Å². The number of hydrogen-bond acceptors (Lipinski definition) is 3. The van der Waals surface area contributed by atoms with E-state index in [4.69, 9.17) is 0 Å². The van der Waals surface area contributed by atoms with Gasteiger partial charge in [-0.3, -0.25) is 14.6 Å². The molecule has 0 saturated heterocycles. The molecule has 0 aliphatic carbocycles. The smallest absolute Gasteiger partial charge is 0.151 e. The first-order chi connectivity index (χ1) is 5.72. The fraction of sp³-hybridized carbons (Fsp3) is 0.222. The summed E-state index contributed by atoms with van der Waals surface area (Å²) in [4.78, 5) is 24.8. The molecule has 0 spiro atoms. The van der Waals surface area contributed by atoms with E-state index in [1.165, 1.54) is 13.1 Å².